The Hall–Kier alpha value is -1.81. The van der Waals surface area contributed by atoms with Crippen LogP contribution in [-0.4, -0.2) is 24.5 Å². The highest BCUT2D eigenvalue weighted by Gasteiger charge is 2.14. The molecule has 0 fully saturated rings. The average molecular weight is 404 g/mol. The summed E-state index contributed by atoms with van der Waals surface area (Å²) >= 11 is 3.52. The SMILES string of the molecule is CCCCCCOc1ccc(C(=O)N(C)Cc2ccccc2)cc1Br. The summed E-state index contributed by atoms with van der Waals surface area (Å²) in [6.07, 6.45) is 4.71. The van der Waals surface area contributed by atoms with Crippen LogP contribution in [0.5, 0.6) is 5.75 Å². The summed E-state index contributed by atoms with van der Waals surface area (Å²) in [7, 11) is 1.82. The fourth-order valence-corrected chi connectivity index (χ4v) is 3.10. The minimum atomic E-state index is -0.000881. The Morgan fingerprint density at radius 2 is 1.84 bits per heavy atom. The van der Waals surface area contributed by atoms with Crippen molar-refractivity contribution in [1.29, 1.82) is 0 Å². The molecular weight excluding hydrogens is 378 g/mol. The van der Waals surface area contributed by atoms with Crippen molar-refractivity contribution in [3.8, 4) is 5.75 Å². The molecule has 0 atom stereocenters. The molecule has 2 aromatic rings. The third-order valence-electron chi connectivity index (χ3n) is 4.04. The van der Waals surface area contributed by atoms with Gasteiger partial charge in [-0.3, -0.25) is 4.79 Å². The van der Waals surface area contributed by atoms with Gasteiger partial charge in [-0.25, -0.2) is 0 Å². The Morgan fingerprint density at radius 1 is 1.08 bits per heavy atom. The highest BCUT2D eigenvalue weighted by Crippen LogP contribution is 2.27. The molecule has 0 unspecified atom stereocenters. The molecule has 3 nitrogen and oxygen atoms in total. The van der Waals surface area contributed by atoms with Crippen LogP contribution in [0.15, 0.2) is 53.0 Å². The van der Waals surface area contributed by atoms with Crippen LogP contribution in [0.25, 0.3) is 0 Å². The summed E-state index contributed by atoms with van der Waals surface area (Å²) in [6.45, 7) is 3.49. The van der Waals surface area contributed by atoms with Gasteiger partial charge in [0.1, 0.15) is 5.75 Å². The molecule has 0 aliphatic carbocycles. The second-order valence-electron chi connectivity index (χ2n) is 6.20. The fraction of sp³-hybridized carbons (Fsp3) is 0.381. The monoisotopic (exact) mass is 403 g/mol. The fourth-order valence-electron chi connectivity index (χ4n) is 2.61. The Bertz CT molecular complexity index is 673. The van der Waals surface area contributed by atoms with Crippen LogP contribution < -0.4 is 4.74 Å². The van der Waals surface area contributed by atoms with Crippen LogP contribution in [0.2, 0.25) is 0 Å². The minimum absolute atomic E-state index is 0.000881. The number of amides is 1. The quantitative estimate of drug-likeness (QED) is 0.503. The Balaban J connectivity index is 1.93. The summed E-state index contributed by atoms with van der Waals surface area (Å²) in [5.74, 6) is 0.790. The number of benzene rings is 2. The number of ether oxygens (including phenoxy) is 1. The molecule has 134 valence electrons. The summed E-state index contributed by atoms with van der Waals surface area (Å²) in [5, 5.41) is 0. The predicted molar refractivity (Wildman–Crippen MR) is 106 cm³/mol. The van der Waals surface area contributed by atoms with Gasteiger partial charge in [0.25, 0.3) is 5.91 Å². The first-order chi connectivity index (χ1) is 12.1. The van der Waals surface area contributed by atoms with Crippen LogP contribution >= 0.6 is 15.9 Å². The van der Waals surface area contributed by atoms with E-state index in [1.807, 2.05) is 55.6 Å². The molecule has 0 heterocycles. The zero-order chi connectivity index (χ0) is 18.1. The van der Waals surface area contributed by atoms with E-state index in [0.717, 1.165) is 22.2 Å². The molecule has 0 saturated heterocycles. The van der Waals surface area contributed by atoms with Gasteiger partial charge in [0.2, 0.25) is 0 Å². The van der Waals surface area contributed by atoms with Crippen molar-refractivity contribution in [2.45, 2.75) is 39.2 Å². The van der Waals surface area contributed by atoms with Gasteiger partial charge in [-0.05, 0) is 46.1 Å². The zero-order valence-corrected chi connectivity index (χ0v) is 16.6. The van der Waals surface area contributed by atoms with Crippen molar-refractivity contribution in [2.24, 2.45) is 0 Å². The van der Waals surface area contributed by atoms with Crippen LogP contribution in [0, 0.1) is 0 Å². The van der Waals surface area contributed by atoms with E-state index in [-0.39, 0.29) is 5.91 Å². The molecule has 0 aromatic heterocycles. The molecule has 0 N–H and O–H groups in total. The molecule has 2 aromatic carbocycles. The number of rotatable bonds is 9. The Labute approximate surface area is 159 Å². The van der Waals surface area contributed by atoms with Gasteiger partial charge in [0, 0.05) is 19.2 Å². The topological polar surface area (TPSA) is 29.5 Å². The Morgan fingerprint density at radius 3 is 2.52 bits per heavy atom. The molecule has 0 aliphatic heterocycles. The van der Waals surface area contributed by atoms with E-state index in [9.17, 15) is 4.79 Å². The van der Waals surface area contributed by atoms with Crippen LogP contribution in [0.3, 0.4) is 0 Å². The van der Waals surface area contributed by atoms with E-state index in [1.54, 1.807) is 4.90 Å². The lowest BCUT2D eigenvalue weighted by Gasteiger charge is -2.18. The zero-order valence-electron chi connectivity index (χ0n) is 15.0. The van der Waals surface area contributed by atoms with Crippen molar-refractivity contribution in [1.82, 2.24) is 4.90 Å². The second kappa shape index (κ2) is 10.2. The molecule has 25 heavy (non-hydrogen) atoms. The first-order valence-electron chi connectivity index (χ1n) is 8.83. The maximum absolute atomic E-state index is 12.6. The number of hydrogen-bond acceptors (Lipinski definition) is 2. The molecular formula is C21H26BrNO2. The molecule has 1 amide bonds. The largest absolute Gasteiger partial charge is 0.492 e. The van der Waals surface area contributed by atoms with Crippen LogP contribution in [-0.2, 0) is 6.54 Å². The number of carbonyl (C=O) groups excluding carboxylic acids is 1. The lowest BCUT2D eigenvalue weighted by molar-refractivity contribution is 0.0785. The smallest absolute Gasteiger partial charge is 0.253 e. The van der Waals surface area contributed by atoms with E-state index in [1.165, 1.54) is 19.3 Å². The summed E-state index contributed by atoms with van der Waals surface area (Å²) in [6, 6.07) is 15.5. The molecule has 0 saturated carbocycles. The molecule has 0 aliphatic rings. The summed E-state index contributed by atoms with van der Waals surface area (Å²) < 4.78 is 6.62. The van der Waals surface area contributed by atoms with Crippen LogP contribution in [0.1, 0.15) is 48.5 Å². The second-order valence-corrected chi connectivity index (χ2v) is 7.06. The van der Waals surface area contributed by atoms with Gasteiger partial charge in [0.15, 0.2) is 0 Å². The highest BCUT2D eigenvalue weighted by atomic mass is 79.9. The first kappa shape index (κ1) is 19.5. The number of hydrogen-bond donors (Lipinski definition) is 0. The van der Waals surface area contributed by atoms with Gasteiger partial charge in [-0.15, -0.1) is 0 Å². The summed E-state index contributed by atoms with van der Waals surface area (Å²) in [4.78, 5) is 14.3. The third kappa shape index (κ3) is 6.20. The van der Waals surface area contributed by atoms with Gasteiger partial charge in [-0.2, -0.15) is 0 Å². The third-order valence-corrected chi connectivity index (χ3v) is 4.66. The number of halogens is 1. The number of unbranched alkanes of at least 4 members (excludes halogenated alkanes) is 3. The van der Waals surface area contributed by atoms with E-state index < -0.39 is 0 Å². The van der Waals surface area contributed by atoms with Crippen molar-refractivity contribution in [2.75, 3.05) is 13.7 Å². The van der Waals surface area contributed by atoms with Crippen molar-refractivity contribution in [3.63, 3.8) is 0 Å². The van der Waals surface area contributed by atoms with Crippen LogP contribution in [0.4, 0.5) is 0 Å². The maximum Gasteiger partial charge on any atom is 0.253 e. The molecule has 0 radical (unpaired) electrons. The summed E-state index contributed by atoms with van der Waals surface area (Å²) in [5.41, 5.74) is 1.77. The normalized spacial score (nSPS) is 10.5. The number of nitrogens with zero attached hydrogens (tertiary/aromatic N) is 1. The van der Waals surface area contributed by atoms with Gasteiger partial charge in [0.05, 0.1) is 11.1 Å². The maximum atomic E-state index is 12.6. The van der Waals surface area contributed by atoms with E-state index in [2.05, 4.69) is 22.9 Å². The van der Waals surface area contributed by atoms with Crippen molar-refractivity contribution < 1.29 is 9.53 Å². The van der Waals surface area contributed by atoms with Gasteiger partial charge in [-0.1, -0.05) is 56.5 Å². The standard InChI is InChI=1S/C21H26BrNO2/c1-3-4-5-9-14-25-20-13-12-18(15-19(20)22)21(24)23(2)16-17-10-7-6-8-11-17/h6-8,10-13,15H,3-5,9,14,16H2,1-2H3. The number of carbonyl (C=O) groups is 1. The molecule has 0 bridgehead atoms. The molecule has 0 spiro atoms. The first-order valence-corrected chi connectivity index (χ1v) is 9.63. The predicted octanol–water partition coefficient (Wildman–Crippen LogP) is 5.68. The molecule has 2 rings (SSSR count). The Kier molecular flexibility index (Phi) is 7.99. The van der Waals surface area contributed by atoms with Crippen molar-refractivity contribution in [3.05, 3.63) is 64.1 Å². The highest BCUT2D eigenvalue weighted by molar-refractivity contribution is 9.10. The van der Waals surface area contributed by atoms with Gasteiger partial charge < -0.3 is 9.64 Å². The van der Waals surface area contributed by atoms with Gasteiger partial charge >= 0.3 is 0 Å². The van der Waals surface area contributed by atoms with E-state index in [0.29, 0.717) is 18.7 Å². The van der Waals surface area contributed by atoms with E-state index in [4.69, 9.17) is 4.74 Å². The average Bonchev–Trinajstić information content (AvgIpc) is 2.63. The lowest BCUT2D eigenvalue weighted by atomic mass is 10.1. The molecule has 4 heteroatoms. The minimum Gasteiger partial charge on any atom is -0.492 e. The lowest BCUT2D eigenvalue weighted by Crippen LogP contribution is -2.26. The van der Waals surface area contributed by atoms with E-state index >= 15 is 0 Å². The van der Waals surface area contributed by atoms with Crippen molar-refractivity contribution >= 4 is 21.8 Å².